The highest BCUT2D eigenvalue weighted by atomic mass is 32.2. The van der Waals surface area contributed by atoms with Crippen molar-refractivity contribution in [2.24, 2.45) is 17.3 Å². The molecule has 37 heavy (non-hydrogen) atoms. The van der Waals surface area contributed by atoms with Crippen LogP contribution in [0, 0.1) is 17.3 Å². The molecule has 1 aliphatic rings. The molecular weight excluding hydrogens is 488 g/mol. The molecule has 0 aliphatic heterocycles. The normalized spacial score (nSPS) is 20.0. The molecule has 2 unspecified atom stereocenters. The van der Waals surface area contributed by atoms with Crippen LogP contribution in [-0.2, 0) is 16.7 Å². The lowest BCUT2D eigenvalue weighted by Crippen LogP contribution is -2.41. The van der Waals surface area contributed by atoms with Crippen LogP contribution in [0.15, 0.2) is 46.6 Å². The Morgan fingerprint density at radius 2 is 1.65 bits per heavy atom. The SMILES string of the molecule is CCCCC(C)C1(C(C)CCCC)CC(S(=O)(=O)O)=CC(Oc2ccc(-c3nnn(CC)n3)cc2)=C1C. The molecular formula is C28H42N4O4S. The third kappa shape index (κ3) is 6.49. The molecule has 1 N–H and O–H groups in total. The molecule has 0 amide bonds. The van der Waals surface area contributed by atoms with Crippen LogP contribution in [0.2, 0.25) is 0 Å². The molecule has 0 fully saturated rings. The summed E-state index contributed by atoms with van der Waals surface area (Å²) in [6.45, 7) is 13.4. The lowest BCUT2D eigenvalue weighted by atomic mass is 9.58. The van der Waals surface area contributed by atoms with Gasteiger partial charge in [0.25, 0.3) is 10.1 Å². The summed E-state index contributed by atoms with van der Waals surface area (Å²) in [6.07, 6.45) is 8.04. The number of tetrazole rings is 1. The zero-order valence-corrected chi connectivity index (χ0v) is 23.9. The molecule has 8 nitrogen and oxygen atoms in total. The summed E-state index contributed by atoms with van der Waals surface area (Å²) in [5.41, 5.74) is 1.43. The second-order valence-corrected chi connectivity index (χ2v) is 11.8. The van der Waals surface area contributed by atoms with Crippen LogP contribution in [0.1, 0.15) is 86.5 Å². The van der Waals surface area contributed by atoms with Crippen molar-refractivity contribution in [2.45, 2.75) is 93.0 Å². The first-order valence-corrected chi connectivity index (χ1v) is 15.0. The van der Waals surface area contributed by atoms with Gasteiger partial charge in [-0.2, -0.15) is 13.2 Å². The maximum atomic E-state index is 12.5. The van der Waals surface area contributed by atoms with E-state index in [9.17, 15) is 13.0 Å². The van der Waals surface area contributed by atoms with Gasteiger partial charge >= 0.3 is 0 Å². The molecule has 0 saturated carbocycles. The molecule has 0 bridgehead atoms. The maximum absolute atomic E-state index is 12.5. The van der Waals surface area contributed by atoms with Crippen LogP contribution in [0.3, 0.4) is 0 Å². The molecule has 0 spiro atoms. The molecule has 1 aliphatic carbocycles. The summed E-state index contributed by atoms with van der Waals surface area (Å²) in [5.74, 6) is 2.04. The lowest BCUT2D eigenvalue weighted by Gasteiger charge is -2.48. The summed E-state index contributed by atoms with van der Waals surface area (Å²) < 4.78 is 41.4. The minimum atomic E-state index is -4.38. The van der Waals surface area contributed by atoms with Crippen molar-refractivity contribution in [3.05, 3.63) is 46.6 Å². The Morgan fingerprint density at radius 3 is 2.14 bits per heavy atom. The number of benzene rings is 1. The Bertz CT molecular complexity index is 1200. The fraction of sp³-hybridized carbons (Fsp3) is 0.607. The Morgan fingerprint density at radius 1 is 1.05 bits per heavy atom. The van der Waals surface area contributed by atoms with Crippen LogP contribution in [0.4, 0.5) is 0 Å². The van der Waals surface area contributed by atoms with E-state index in [1.807, 2.05) is 31.2 Å². The van der Waals surface area contributed by atoms with Crippen molar-refractivity contribution in [2.75, 3.05) is 0 Å². The molecule has 204 valence electrons. The van der Waals surface area contributed by atoms with Gasteiger partial charge in [0.15, 0.2) is 0 Å². The Hall–Kier alpha value is -2.52. The zero-order chi connectivity index (χ0) is 27.2. The first-order chi connectivity index (χ1) is 17.6. The average Bonchev–Trinajstić information content (AvgIpc) is 3.36. The van der Waals surface area contributed by atoms with Crippen molar-refractivity contribution >= 4 is 10.1 Å². The van der Waals surface area contributed by atoms with E-state index in [1.165, 1.54) is 10.9 Å². The van der Waals surface area contributed by atoms with E-state index >= 15 is 0 Å². The largest absolute Gasteiger partial charge is 0.457 e. The summed E-state index contributed by atoms with van der Waals surface area (Å²) in [5, 5.41) is 12.4. The predicted molar refractivity (Wildman–Crippen MR) is 146 cm³/mol. The Labute approximate surface area is 221 Å². The molecule has 3 rings (SSSR count). The van der Waals surface area contributed by atoms with Gasteiger partial charge in [-0.1, -0.05) is 53.4 Å². The molecule has 2 atom stereocenters. The molecule has 1 heterocycles. The Kier molecular flexibility index (Phi) is 9.69. The van der Waals surface area contributed by atoms with Crippen LogP contribution >= 0.6 is 0 Å². The highest BCUT2D eigenvalue weighted by Crippen LogP contribution is 2.54. The van der Waals surface area contributed by atoms with Crippen molar-refractivity contribution in [3.63, 3.8) is 0 Å². The standard InChI is InChI=1S/C28H42N4O4S/c1-7-10-12-20(4)28(21(5)13-11-8-2)19-25(37(33,34)35)18-26(22(28)6)36-24-16-14-23(15-17-24)27-29-31-32(9-3)30-27/h14-18,20-21H,7-13,19H2,1-6H3,(H,33,34,35). The molecule has 1 aromatic heterocycles. The number of nitrogens with zero attached hydrogens (tertiary/aromatic N) is 4. The summed E-state index contributed by atoms with van der Waals surface area (Å²) in [4.78, 5) is 1.55. The van der Waals surface area contributed by atoms with Crippen LogP contribution < -0.4 is 4.74 Å². The highest BCUT2D eigenvalue weighted by Gasteiger charge is 2.47. The highest BCUT2D eigenvalue weighted by molar-refractivity contribution is 7.89. The van der Waals surface area contributed by atoms with E-state index in [0.29, 0.717) is 23.9 Å². The van der Waals surface area contributed by atoms with Gasteiger partial charge in [0.1, 0.15) is 11.5 Å². The smallest absolute Gasteiger partial charge is 0.290 e. The van der Waals surface area contributed by atoms with Crippen LogP contribution in [0.25, 0.3) is 11.4 Å². The Balaban J connectivity index is 2.04. The number of ether oxygens (including phenoxy) is 1. The van der Waals surface area contributed by atoms with Crippen molar-refractivity contribution in [1.29, 1.82) is 0 Å². The number of unbranched alkanes of at least 4 members (excludes halogenated alkanes) is 2. The van der Waals surface area contributed by atoms with Crippen molar-refractivity contribution in [3.8, 4) is 17.1 Å². The number of hydrogen-bond donors (Lipinski definition) is 1. The van der Waals surface area contributed by atoms with Gasteiger partial charge in [-0.25, -0.2) is 0 Å². The van der Waals surface area contributed by atoms with Gasteiger partial charge in [0, 0.05) is 11.0 Å². The van der Waals surface area contributed by atoms with E-state index in [0.717, 1.165) is 49.7 Å². The second-order valence-electron chi connectivity index (χ2n) is 10.3. The number of hydrogen-bond acceptors (Lipinski definition) is 6. The number of allylic oxidation sites excluding steroid dienone is 3. The predicted octanol–water partition coefficient (Wildman–Crippen LogP) is 6.83. The van der Waals surface area contributed by atoms with Gasteiger partial charge in [-0.15, -0.1) is 10.2 Å². The van der Waals surface area contributed by atoms with Gasteiger partial charge in [0.05, 0.1) is 11.4 Å². The monoisotopic (exact) mass is 530 g/mol. The van der Waals surface area contributed by atoms with E-state index in [2.05, 4.69) is 50.0 Å². The third-order valence-corrected chi connectivity index (χ3v) is 8.90. The first kappa shape index (κ1) is 29.0. The first-order valence-electron chi connectivity index (χ1n) is 13.5. The third-order valence-electron chi connectivity index (χ3n) is 7.97. The minimum Gasteiger partial charge on any atom is -0.457 e. The average molecular weight is 531 g/mol. The topological polar surface area (TPSA) is 107 Å². The quantitative estimate of drug-likeness (QED) is 0.283. The fourth-order valence-electron chi connectivity index (χ4n) is 5.63. The van der Waals surface area contributed by atoms with E-state index in [1.54, 1.807) is 0 Å². The van der Waals surface area contributed by atoms with E-state index in [4.69, 9.17) is 4.74 Å². The molecule has 2 aromatic rings. The number of aromatic nitrogens is 4. The lowest BCUT2D eigenvalue weighted by molar-refractivity contribution is 0.110. The summed E-state index contributed by atoms with van der Waals surface area (Å²) >= 11 is 0. The number of aryl methyl sites for hydroxylation is 1. The maximum Gasteiger partial charge on any atom is 0.290 e. The van der Waals surface area contributed by atoms with Gasteiger partial charge in [0.2, 0.25) is 5.82 Å². The minimum absolute atomic E-state index is 0.0248. The van der Waals surface area contributed by atoms with Gasteiger partial charge < -0.3 is 4.74 Å². The van der Waals surface area contributed by atoms with Crippen molar-refractivity contribution < 1.29 is 17.7 Å². The fourth-order valence-corrected chi connectivity index (χ4v) is 6.31. The van der Waals surface area contributed by atoms with Gasteiger partial charge in [-0.05, 0) is 86.1 Å². The van der Waals surface area contributed by atoms with E-state index < -0.39 is 15.5 Å². The number of rotatable bonds is 13. The zero-order valence-electron chi connectivity index (χ0n) is 23.1. The molecule has 9 heteroatoms. The summed E-state index contributed by atoms with van der Waals surface area (Å²) in [6, 6.07) is 7.36. The molecule has 0 saturated heterocycles. The molecule has 0 radical (unpaired) electrons. The summed E-state index contributed by atoms with van der Waals surface area (Å²) in [7, 11) is -4.38. The van der Waals surface area contributed by atoms with Crippen LogP contribution in [0.5, 0.6) is 5.75 Å². The van der Waals surface area contributed by atoms with Crippen LogP contribution in [-0.4, -0.2) is 33.2 Å². The molecule has 1 aromatic carbocycles. The van der Waals surface area contributed by atoms with Crippen molar-refractivity contribution in [1.82, 2.24) is 20.2 Å². The van der Waals surface area contributed by atoms with E-state index in [-0.39, 0.29) is 23.2 Å². The second kappa shape index (κ2) is 12.3. The van der Waals surface area contributed by atoms with Gasteiger partial charge in [-0.3, -0.25) is 4.55 Å².